The number of carbonyl (C=O) groups is 1. The number of ether oxygens (including phenoxy) is 1. The van der Waals surface area contributed by atoms with Gasteiger partial charge in [-0.15, -0.1) is 0 Å². The molecule has 1 aromatic carbocycles. The van der Waals surface area contributed by atoms with Crippen molar-refractivity contribution in [3.05, 3.63) is 29.3 Å². The lowest BCUT2D eigenvalue weighted by molar-refractivity contribution is 0.0236. The van der Waals surface area contributed by atoms with Crippen molar-refractivity contribution in [1.82, 2.24) is 0 Å². The molecule has 0 saturated heterocycles. The number of aryl methyl sites for hydroxylation is 1. The molecular formula is C14H19ClO4S. The zero-order chi connectivity index (χ0) is 15.5. The summed E-state index contributed by atoms with van der Waals surface area (Å²) in [5.74, 6) is -0.339. The van der Waals surface area contributed by atoms with Crippen LogP contribution < -0.4 is 0 Å². The van der Waals surface area contributed by atoms with Crippen molar-refractivity contribution in [2.24, 2.45) is 5.92 Å². The Labute approximate surface area is 124 Å². The van der Waals surface area contributed by atoms with Crippen LogP contribution in [0.1, 0.15) is 43.6 Å². The maximum Gasteiger partial charge on any atom is 0.338 e. The zero-order valence-electron chi connectivity index (χ0n) is 12.0. The summed E-state index contributed by atoms with van der Waals surface area (Å²) < 4.78 is 28.0. The lowest BCUT2D eigenvalue weighted by Crippen LogP contribution is -2.21. The second-order valence-electron chi connectivity index (χ2n) is 4.96. The van der Waals surface area contributed by atoms with Crippen LogP contribution >= 0.6 is 10.7 Å². The highest BCUT2D eigenvalue weighted by molar-refractivity contribution is 8.13. The minimum absolute atomic E-state index is 0.0967. The van der Waals surface area contributed by atoms with Crippen LogP contribution in [-0.4, -0.2) is 20.5 Å². The second kappa shape index (κ2) is 6.59. The van der Waals surface area contributed by atoms with E-state index >= 15 is 0 Å². The predicted molar refractivity (Wildman–Crippen MR) is 78.6 cm³/mol. The summed E-state index contributed by atoms with van der Waals surface area (Å²) in [4.78, 5) is 12.1. The van der Waals surface area contributed by atoms with Crippen LogP contribution in [0, 0.1) is 5.92 Å². The summed E-state index contributed by atoms with van der Waals surface area (Å²) >= 11 is 0. The summed E-state index contributed by atoms with van der Waals surface area (Å²) in [6.45, 7) is 7.57. The average molecular weight is 319 g/mol. The minimum atomic E-state index is -3.86. The van der Waals surface area contributed by atoms with Gasteiger partial charge in [0.2, 0.25) is 0 Å². The van der Waals surface area contributed by atoms with E-state index in [1.807, 2.05) is 20.8 Å². The highest BCUT2D eigenvalue weighted by Crippen LogP contribution is 2.21. The fraction of sp³-hybridized carbons (Fsp3) is 0.500. The van der Waals surface area contributed by atoms with Crippen molar-refractivity contribution >= 4 is 25.7 Å². The fourth-order valence-corrected chi connectivity index (χ4v) is 2.35. The zero-order valence-corrected chi connectivity index (χ0v) is 13.6. The van der Waals surface area contributed by atoms with Crippen LogP contribution in [-0.2, 0) is 20.2 Å². The quantitative estimate of drug-likeness (QED) is 0.617. The normalized spacial score (nSPS) is 13.3. The Balaban J connectivity index is 3.18. The smallest absolute Gasteiger partial charge is 0.338 e. The summed E-state index contributed by atoms with van der Waals surface area (Å²) in [7, 11) is 1.44. The van der Waals surface area contributed by atoms with Crippen molar-refractivity contribution in [3.8, 4) is 0 Å². The summed E-state index contributed by atoms with van der Waals surface area (Å²) in [5.41, 5.74) is 0.983. The Kier molecular flexibility index (Phi) is 5.59. The van der Waals surface area contributed by atoms with E-state index in [1.165, 1.54) is 12.1 Å². The molecule has 1 rings (SSSR count). The molecule has 4 nitrogen and oxygen atoms in total. The topological polar surface area (TPSA) is 60.4 Å². The van der Waals surface area contributed by atoms with E-state index < -0.39 is 15.0 Å². The molecule has 0 aliphatic carbocycles. The van der Waals surface area contributed by atoms with Gasteiger partial charge < -0.3 is 4.74 Å². The van der Waals surface area contributed by atoms with Crippen molar-refractivity contribution in [3.63, 3.8) is 0 Å². The molecule has 0 spiro atoms. The average Bonchev–Trinajstić information content (AvgIpc) is 2.36. The molecule has 20 heavy (non-hydrogen) atoms. The molecule has 1 atom stereocenters. The van der Waals surface area contributed by atoms with Crippen LogP contribution in [0.25, 0.3) is 0 Å². The van der Waals surface area contributed by atoms with Crippen molar-refractivity contribution in [1.29, 1.82) is 0 Å². The second-order valence-corrected chi connectivity index (χ2v) is 7.53. The Morgan fingerprint density at radius 3 is 2.35 bits per heavy atom. The van der Waals surface area contributed by atoms with Crippen LogP contribution in [0.2, 0.25) is 0 Å². The molecule has 0 bridgehead atoms. The molecule has 0 aromatic heterocycles. The lowest BCUT2D eigenvalue weighted by atomic mass is 10.0. The third-order valence-corrected chi connectivity index (χ3v) is 4.55. The highest BCUT2D eigenvalue weighted by Gasteiger charge is 2.20. The summed E-state index contributed by atoms with van der Waals surface area (Å²) in [6, 6.07) is 4.26. The van der Waals surface area contributed by atoms with Gasteiger partial charge in [-0.05, 0) is 37.0 Å². The van der Waals surface area contributed by atoms with Gasteiger partial charge in [0.05, 0.1) is 10.5 Å². The lowest BCUT2D eigenvalue weighted by Gasteiger charge is -2.18. The monoisotopic (exact) mass is 318 g/mol. The summed E-state index contributed by atoms with van der Waals surface area (Å²) in [5, 5.41) is 0. The van der Waals surface area contributed by atoms with Gasteiger partial charge in [0.25, 0.3) is 9.05 Å². The van der Waals surface area contributed by atoms with Crippen LogP contribution in [0.5, 0.6) is 0 Å². The van der Waals surface area contributed by atoms with E-state index in [0.717, 1.165) is 5.56 Å². The molecule has 0 saturated carbocycles. The molecule has 1 unspecified atom stereocenters. The van der Waals surface area contributed by atoms with Gasteiger partial charge in [0, 0.05) is 10.7 Å². The van der Waals surface area contributed by atoms with Gasteiger partial charge in [0.15, 0.2) is 0 Å². The number of benzene rings is 1. The van der Waals surface area contributed by atoms with E-state index in [-0.39, 0.29) is 22.5 Å². The molecule has 0 fully saturated rings. The maximum atomic E-state index is 12.2. The number of rotatable bonds is 5. The number of esters is 1. The number of hydrogen-bond donors (Lipinski definition) is 0. The van der Waals surface area contributed by atoms with Crippen molar-refractivity contribution < 1.29 is 17.9 Å². The van der Waals surface area contributed by atoms with Crippen molar-refractivity contribution in [2.45, 2.75) is 45.1 Å². The fourth-order valence-electron chi connectivity index (χ4n) is 1.57. The molecule has 1 aromatic rings. The van der Waals surface area contributed by atoms with Crippen LogP contribution in [0.3, 0.4) is 0 Å². The predicted octanol–water partition coefficient (Wildman–Crippen LogP) is 3.38. The van der Waals surface area contributed by atoms with E-state index in [1.54, 1.807) is 13.0 Å². The van der Waals surface area contributed by atoms with Crippen LogP contribution in [0.15, 0.2) is 23.1 Å². The first-order valence-electron chi connectivity index (χ1n) is 6.45. The molecule has 6 heteroatoms. The molecule has 0 N–H and O–H groups in total. The Bertz CT molecular complexity index is 593. The molecule has 0 radical (unpaired) electrons. The standard InChI is InChI=1S/C14H19ClO4S/c1-5-11-6-7-12(20(15,17)18)8-13(11)14(16)19-10(4)9(2)3/h6-10H,5H2,1-4H3. The number of carbonyl (C=O) groups excluding carboxylic acids is 1. The van der Waals surface area contributed by atoms with Gasteiger partial charge in [-0.1, -0.05) is 26.8 Å². The Morgan fingerprint density at radius 2 is 1.90 bits per heavy atom. The van der Waals surface area contributed by atoms with Crippen molar-refractivity contribution in [2.75, 3.05) is 0 Å². The summed E-state index contributed by atoms with van der Waals surface area (Å²) in [6.07, 6.45) is 0.354. The highest BCUT2D eigenvalue weighted by atomic mass is 35.7. The first-order valence-corrected chi connectivity index (χ1v) is 8.76. The number of hydrogen-bond acceptors (Lipinski definition) is 4. The molecule has 0 aliphatic rings. The Hall–Kier alpha value is -1.07. The third kappa shape index (κ3) is 4.21. The van der Waals surface area contributed by atoms with E-state index in [4.69, 9.17) is 15.4 Å². The minimum Gasteiger partial charge on any atom is -0.459 e. The molecule has 0 amide bonds. The van der Waals surface area contributed by atoms with Gasteiger partial charge in [-0.3, -0.25) is 0 Å². The first-order chi connectivity index (χ1) is 9.16. The Morgan fingerprint density at radius 1 is 1.30 bits per heavy atom. The molecule has 0 heterocycles. The van der Waals surface area contributed by atoms with E-state index in [9.17, 15) is 13.2 Å². The van der Waals surface area contributed by atoms with Gasteiger partial charge in [-0.25, -0.2) is 13.2 Å². The third-order valence-electron chi connectivity index (χ3n) is 3.20. The first kappa shape index (κ1) is 17.0. The molecule has 112 valence electrons. The van der Waals surface area contributed by atoms with E-state index in [2.05, 4.69) is 0 Å². The van der Waals surface area contributed by atoms with E-state index in [0.29, 0.717) is 6.42 Å². The molecule has 0 aliphatic heterocycles. The SMILES string of the molecule is CCc1ccc(S(=O)(=O)Cl)cc1C(=O)OC(C)C(C)C. The molecular weight excluding hydrogens is 300 g/mol. The van der Waals surface area contributed by atoms with Crippen LogP contribution in [0.4, 0.5) is 0 Å². The maximum absolute atomic E-state index is 12.2. The number of halogens is 1. The largest absolute Gasteiger partial charge is 0.459 e. The van der Waals surface area contributed by atoms with Gasteiger partial charge in [0.1, 0.15) is 6.10 Å². The van der Waals surface area contributed by atoms with Gasteiger partial charge >= 0.3 is 5.97 Å². The van der Waals surface area contributed by atoms with Gasteiger partial charge in [-0.2, -0.15) is 0 Å².